The Morgan fingerprint density at radius 3 is 2.50 bits per heavy atom. The molecule has 2 aliphatic heterocycles. The number of carbonyl (C=O) groups excluding carboxylic acids is 2. The van der Waals surface area contributed by atoms with E-state index < -0.39 is 6.36 Å². The number of benzene rings is 2. The lowest BCUT2D eigenvalue weighted by Crippen LogP contribution is -2.52. The molecule has 3 aliphatic rings. The standard InChI is InChI=1S/C28H32F3N3O4/c29-28(30,31)38-24-7-4-20(5-8-24)6-9-25(35)34-11-10-27(19-34)17-22(18-27)32-26(36)21-2-1-3-23(16-21)33-12-14-37-15-13-33/h1-5,7-8,16,22H,6,9-15,17-19H2,(H,32,36). The van der Waals surface area contributed by atoms with E-state index >= 15 is 0 Å². The van der Waals surface area contributed by atoms with Gasteiger partial charge in [0.2, 0.25) is 5.91 Å². The molecule has 0 atom stereocenters. The second-order valence-corrected chi connectivity index (χ2v) is 10.5. The summed E-state index contributed by atoms with van der Waals surface area (Å²) >= 11 is 0. The number of nitrogens with one attached hydrogen (secondary N) is 1. The highest BCUT2D eigenvalue weighted by atomic mass is 19.4. The first-order valence-electron chi connectivity index (χ1n) is 13.0. The van der Waals surface area contributed by atoms with Gasteiger partial charge in [0.25, 0.3) is 5.91 Å². The molecule has 2 aromatic rings. The molecule has 0 bridgehead atoms. The van der Waals surface area contributed by atoms with Crippen molar-refractivity contribution in [1.82, 2.24) is 10.2 Å². The quantitative estimate of drug-likeness (QED) is 0.581. The largest absolute Gasteiger partial charge is 0.573 e. The van der Waals surface area contributed by atoms with Crippen LogP contribution in [-0.2, 0) is 16.0 Å². The van der Waals surface area contributed by atoms with E-state index in [9.17, 15) is 22.8 Å². The molecule has 2 saturated heterocycles. The van der Waals surface area contributed by atoms with E-state index in [1.807, 2.05) is 29.2 Å². The Morgan fingerprint density at radius 2 is 1.79 bits per heavy atom. The Morgan fingerprint density at radius 1 is 1.05 bits per heavy atom. The third kappa shape index (κ3) is 6.40. The number of hydrogen-bond donors (Lipinski definition) is 1. The number of halogens is 3. The summed E-state index contributed by atoms with van der Waals surface area (Å²) in [5.41, 5.74) is 2.52. The van der Waals surface area contributed by atoms with Crippen LogP contribution < -0.4 is 15.0 Å². The average Bonchev–Trinajstić information content (AvgIpc) is 3.33. The van der Waals surface area contributed by atoms with Gasteiger partial charge in [-0.2, -0.15) is 0 Å². The van der Waals surface area contributed by atoms with Crippen molar-refractivity contribution in [1.29, 1.82) is 0 Å². The molecule has 38 heavy (non-hydrogen) atoms. The Bertz CT molecular complexity index is 1140. The van der Waals surface area contributed by atoms with Crippen molar-refractivity contribution in [2.24, 2.45) is 5.41 Å². The van der Waals surface area contributed by atoms with Crippen molar-refractivity contribution in [3.63, 3.8) is 0 Å². The molecule has 1 N–H and O–H groups in total. The van der Waals surface area contributed by atoms with E-state index in [0.29, 0.717) is 44.7 Å². The number of hydrogen-bond acceptors (Lipinski definition) is 5. The molecule has 10 heteroatoms. The van der Waals surface area contributed by atoms with Gasteiger partial charge in [-0.25, -0.2) is 0 Å². The smallest absolute Gasteiger partial charge is 0.406 e. The number of likely N-dealkylation sites (tertiary alicyclic amines) is 1. The zero-order chi connectivity index (χ0) is 26.8. The van der Waals surface area contributed by atoms with Gasteiger partial charge in [0.1, 0.15) is 5.75 Å². The fraction of sp³-hybridized carbons (Fsp3) is 0.500. The second kappa shape index (κ2) is 10.8. The van der Waals surface area contributed by atoms with Gasteiger partial charge in [-0.15, -0.1) is 13.2 Å². The highest BCUT2D eigenvalue weighted by molar-refractivity contribution is 5.95. The molecule has 2 heterocycles. The molecule has 0 radical (unpaired) electrons. The van der Waals surface area contributed by atoms with Crippen LogP contribution in [0.2, 0.25) is 0 Å². The van der Waals surface area contributed by atoms with Crippen molar-refractivity contribution in [3.8, 4) is 5.75 Å². The minimum Gasteiger partial charge on any atom is -0.406 e. The lowest BCUT2D eigenvalue weighted by Gasteiger charge is -2.45. The van der Waals surface area contributed by atoms with Crippen LogP contribution in [0.15, 0.2) is 48.5 Å². The fourth-order valence-electron chi connectivity index (χ4n) is 5.77. The molecule has 5 rings (SSSR count). The van der Waals surface area contributed by atoms with Crippen LogP contribution >= 0.6 is 0 Å². The van der Waals surface area contributed by atoms with Crippen LogP contribution in [0.5, 0.6) is 5.75 Å². The Balaban J connectivity index is 1.06. The first-order valence-corrected chi connectivity index (χ1v) is 13.0. The molecule has 1 saturated carbocycles. The molecule has 1 spiro atoms. The molecule has 0 aromatic heterocycles. The molecule has 3 fully saturated rings. The number of ether oxygens (including phenoxy) is 2. The van der Waals surface area contributed by atoms with E-state index in [-0.39, 0.29) is 29.0 Å². The van der Waals surface area contributed by atoms with E-state index in [1.54, 1.807) is 12.1 Å². The second-order valence-electron chi connectivity index (χ2n) is 10.5. The summed E-state index contributed by atoms with van der Waals surface area (Å²) in [6.45, 7) is 4.38. The number of alkyl halides is 3. The Labute approximate surface area is 219 Å². The molecular formula is C28H32F3N3O4. The molecule has 1 aliphatic carbocycles. The van der Waals surface area contributed by atoms with E-state index in [2.05, 4.69) is 15.0 Å². The predicted octanol–water partition coefficient (Wildman–Crippen LogP) is 4.17. The van der Waals surface area contributed by atoms with Crippen LogP contribution in [0, 0.1) is 5.41 Å². The van der Waals surface area contributed by atoms with E-state index in [1.165, 1.54) is 12.1 Å². The number of rotatable bonds is 7. The van der Waals surface area contributed by atoms with Crippen LogP contribution in [0.4, 0.5) is 18.9 Å². The summed E-state index contributed by atoms with van der Waals surface area (Å²) < 4.78 is 46.2. The van der Waals surface area contributed by atoms with Crippen LogP contribution in [-0.4, -0.2) is 68.5 Å². The van der Waals surface area contributed by atoms with Crippen LogP contribution in [0.1, 0.15) is 41.6 Å². The van der Waals surface area contributed by atoms with Gasteiger partial charge >= 0.3 is 6.36 Å². The first-order chi connectivity index (χ1) is 18.2. The summed E-state index contributed by atoms with van der Waals surface area (Å²) in [6, 6.07) is 13.4. The summed E-state index contributed by atoms with van der Waals surface area (Å²) in [6.07, 6.45) is -1.34. The number of anilines is 1. The Hall–Kier alpha value is -3.27. The van der Waals surface area contributed by atoms with Crippen LogP contribution in [0.3, 0.4) is 0 Å². The van der Waals surface area contributed by atoms with Crippen molar-refractivity contribution >= 4 is 17.5 Å². The summed E-state index contributed by atoms with van der Waals surface area (Å²) in [7, 11) is 0. The van der Waals surface area contributed by atoms with Gasteiger partial charge in [0, 0.05) is 49.9 Å². The summed E-state index contributed by atoms with van der Waals surface area (Å²) in [5.74, 6) is -0.298. The monoisotopic (exact) mass is 531 g/mol. The number of amides is 2. The zero-order valence-electron chi connectivity index (χ0n) is 21.1. The SMILES string of the molecule is O=C(NC1CC2(CCN(C(=O)CCc3ccc(OC(F)(F)F)cc3)C2)C1)c1cccc(N2CCOCC2)c1. The molecule has 2 amide bonds. The minimum absolute atomic E-state index is 0.0462. The van der Waals surface area contributed by atoms with Gasteiger partial charge in [-0.3, -0.25) is 9.59 Å². The normalized spacial score (nSPS) is 23.3. The number of morpholine rings is 1. The minimum atomic E-state index is -4.72. The maximum absolute atomic E-state index is 12.9. The number of carbonyl (C=O) groups is 2. The first kappa shape index (κ1) is 26.3. The third-order valence-electron chi connectivity index (χ3n) is 7.75. The third-order valence-corrected chi connectivity index (χ3v) is 7.75. The van der Waals surface area contributed by atoms with Crippen LogP contribution in [0.25, 0.3) is 0 Å². The van der Waals surface area contributed by atoms with Gasteiger partial charge in [0.15, 0.2) is 0 Å². The summed E-state index contributed by atoms with van der Waals surface area (Å²) in [4.78, 5) is 29.8. The molecule has 7 nitrogen and oxygen atoms in total. The van der Waals surface area contributed by atoms with Gasteiger partial charge in [0.05, 0.1) is 13.2 Å². The highest BCUT2D eigenvalue weighted by Crippen LogP contribution is 2.48. The molecule has 0 unspecified atom stereocenters. The van der Waals surface area contributed by atoms with Gasteiger partial charge in [-0.1, -0.05) is 18.2 Å². The van der Waals surface area contributed by atoms with Crippen molar-refractivity contribution in [2.45, 2.75) is 44.5 Å². The number of aryl methyl sites for hydroxylation is 1. The lowest BCUT2D eigenvalue weighted by atomic mass is 9.65. The van der Waals surface area contributed by atoms with Crippen molar-refractivity contribution in [3.05, 3.63) is 59.7 Å². The maximum atomic E-state index is 12.9. The van der Waals surface area contributed by atoms with Gasteiger partial charge in [-0.05, 0) is 67.0 Å². The Kier molecular flexibility index (Phi) is 7.52. The highest BCUT2D eigenvalue weighted by Gasteiger charge is 2.49. The maximum Gasteiger partial charge on any atom is 0.573 e. The predicted molar refractivity (Wildman–Crippen MR) is 135 cm³/mol. The average molecular weight is 532 g/mol. The molecular weight excluding hydrogens is 499 g/mol. The number of nitrogens with zero attached hydrogens (tertiary/aromatic N) is 2. The van der Waals surface area contributed by atoms with Gasteiger partial charge < -0.3 is 24.6 Å². The molecule has 204 valence electrons. The fourth-order valence-corrected chi connectivity index (χ4v) is 5.77. The zero-order valence-corrected chi connectivity index (χ0v) is 21.1. The summed E-state index contributed by atoms with van der Waals surface area (Å²) in [5, 5.41) is 3.16. The van der Waals surface area contributed by atoms with Crippen molar-refractivity contribution in [2.75, 3.05) is 44.3 Å². The molecule has 2 aromatic carbocycles. The topological polar surface area (TPSA) is 71.1 Å². The van der Waals surface area contributed by atoms with E-state index in [4.69, 9.17) is 4.74 Å². The van der Waals surface area contributed by atoms with Crippen molar-refractivity contribution < 1.29 is 32.2 Å². The van der Waals surface area contributed by atoms with E-state index in [0.717, 1.165) is 43.6 Å². The lowest BCUT2D eigenvalue weighted by molar-refractivity contribution is -0.274.